The van der Waals surface area contributed by atoms with E-state index in [1.54, 1.807) is 0 Å². The molecular weight excluding hydrogens is 126 g/mol. The van der Waals surface area contributed by atoms with Gasteiger partial charge in [-0.3, -0.25) is 0 Å². The van der Waals surface area contributed by atoms with E-state index in [4.69, 9.17) is 10.5 Å². The molecule has 0 saturated carbocycles. The van der Waals surface area contributed by atoms with E-state index >= 15 is 0 Å². The van der Waals surface area contributed by atoms with Gasteiger partial charge in [-0.1, -0.05) is 6.92 Å². The molecule has 0 radical (unpaired) electrons. The summed E-state index contributed by atoms with van der Waals surface area (Å²) in [6.45, 7) is 7.04. The first-order chi connectivity index (χ1) is 4.66. The molecule has 2 atom stereocenters. The molecule has 62 valence electrons. The maximum absolute atomic E-state index is 5.59. The summed E-state index contributed by atoms with van der Waals surface area (Å²) in [5.74, 6) is 0. The highest BCUT2D eigenvalue weighted by atomic mass is 16.5. The van der Waals surface area contributed by atoms with E-state index in [0.717, 1.165) is 19.4 Å². The average Bonchev–Trinajstić information content (AvgIpc) is 1.82. The summed E-state index contributed by atoms with van der Waals surface area (Å²) in [6.07, 6.45) is 2.36. The molecule has 2 N–H and O–H groups in total. The molecule has 0 heterocycles. The van der Waals surface area contributed by atoms with Crippen molar-refractivity contribution in [3.63, 3.8) is 0 Å². The van der Waals surface area contributed by atoms with Crippen molar-refractivity contribution in [1.82, 2.24) is 0 Å². The second kappa shape index (κ2) is 5.69. The van der Waals surface area contributed by atoms with Crippen LogP contribution in [0.4, 0.5) is 0 Å². The number of nitrogens with two attached hydrogens (primary N) is 1. The standard InChI is InChI=1S/C8H19NO/c1-4-5-10-8(3)6-7(2)9/h7-8H,4-6,9H2,1-3H3. The van der Waals surface area contributed by atoms with Crippen molar-refractivity contribution in [2.45, 2.75) is 45.8 Å². The second-order valence-corrected chi connectivity index (χ2v) is 2.89. The van der Waals surface area contributed by atoms with E-state index in [2.05, 4.69) is 13.8 Å². The molecular formula is C8H19NO. The highest BCUT2D eigenvalue weighted by Crippen LogP contribution is 2.00. The van der Waals surface area contributed by atoms with Crippen molar-refractivity contribution in [3.05, 3.63) is 0 Å². The lowest BCUT2D eigenvalue weighted by Gasteiger charge is -2.13. The Hall–Kier alpha value is -0.0800. The Labute approximate surface area is 63.7 Å². The Morgan fingerprint density at radius 1 is 1.40 bits per heavy atom. The van der Waals surface area contributed by atoms with E-state index in [9.17, 15) is 0 Å². The van der Waals surface area contributed by atoms with Crippen molar-refractivity contribution in [2.24, 2.45) is 5.73 Å². The minimum atomic E-state index is 0.256. The normalized spacial score (nSPS) is 16.8. The van der Waals surface area contributed by atoms with Crippen LogP contribution in [-0.4, -0.2) is 18.8 Å². The van der Waals surface area contributed by atoms with Gasteiger partial charge in [0.15, 0.2) is 0 Å². The summed E-state index contributed by atoms with van der Waals surface area (Å²) in [4.78, 5) is 0. The van der Waals surface area contributed by atoms with Crippen molar-refractivity contribution in [1.29, 1.82) is 0 Å². The zero-order valence-corrected chi connectivity index (χ0v) is 7.26. The molecule has 0 spiro atoms. The molecule has 0 aliphatic heterocycles. The Morgan fingerprint density at radius 3 is 2.40 bits per heavy atom. The fourth-order valence-electron chi connectivity index (χ4n) is 0.911. The van der Waals surface area contributed by atoms with E-state index in [1.807, 2.05) is 6.92 Å². The van der Waals surface area contributed by atoms with Crippen LogP contribution >= 0.6 is 0 Å². The summed E-state index contributed by atoms with van der Waals surface area (Å²) in [5, 5.41) is 0. The van der Waals surface area contributed by atoms with Crippen LogP contribution in [0.3, 0.4) is 0 Å². The van der Waals surface area contributed by atoms with E-state index < -0.39 is 0 Å². The number of ether oxygens (including phenoxy) is 1. The summed E-state index contributed by atoms with van der Waals surface area (Å²) in [7, 11) is 0. The van der Waals surface area contributed by atoms with Crippen LogP contribution in [0, 0.1) is 0 Å². The largest absolute Gasteiger partial charge is 0.378 e. The van der Waals surface area contributed by atoms with Crippen LogP contribution in [0.25, 0.3) is 0 Å². The molecule has 0 rings (SSSR count). The molecule has 0 aromatic rings. The summed E-state index contributed by atoms with van der Waals surface area (Å²) in [6, 6.07) is 0.256. The second-order valence-electron chi connectivity index (χ2n) is 2.89. The molecule has 0 amide bonds. The highest BCUT2D eigenvalue weighted by molar-refractivity contribution is 4.58. The summed E-state index contributed by atoms with van der Waals surface area (Å²) >= 11 is 0. The molecule has 0 aromatic heterocycles. The summed E-state index contributed by atoms with van der Waals surface area (Å²) < 4.78 is 5.42. The van der Waals surface area contributed by atoms with Gasteiger partial charge in [-0.25, -0.2) is 0 Å². The number of hydrogen-bond donors (Lipinski definition) is 1. The maximum Gasteiger partial charge on any atom is 0.0561 e. The van der Waals surface area contributed by atoms with Crippen LogP contribution in [-0.2, 0) is 4.74 Å². The van der Waals surface area contributed by atoms with Gasteiger partial charge in [-0.15, -0.1) is 0 Å². The minimum absolute atomic E-state index is 0.256. The molecule has 0 saturated heterocycles. The van der Waals surface area contributed by atoms with Crippen LogP contribution in [0.15, 0.2) is 0 Å². The van der Waals surface area contributed by atoms with Gasteiger partial charge in [-0.2, -0.15) is 0 Å². The maximum atomic E-state index is 5.59. The van der Waals surface area contributed by atoms with Gasteiger partial charge >= 0.3 is 0 Å². The molecule has 0 bridgehead atoms. The van der Waals surface area contributed by atoms with Crippen molar-refractivity contribution < 1.29 is 4.74 Å². The van der Waals surface area contributed by atoms with E-state index in [1.165, 1.54) is 0 Å². The zero-order valence-electron chi connectivity index (χ0n) is 7.26. The average molecular weight is 145 g/mol. The van der Waals surface area contributed by atoms with Gasteiger partial charge in [0, 0.05) is 12.6 Å². The predicted octanol–water partition coefficient (Wildman–Crippen LogP) is 1.54. The fourth-order valence-corrected chi connectivity index (χ4v) is 0.911. The molecule has 2 unspecified atom stereocenters. The van der Waals surface area contributed by atoms with E-state index in [0.29, 0.717) is 6.10 Å². The molecule has 10 heavy (non-hydrogen) atoms. The van der Waals surface area contributed by atoms with Crippen LogP contribution in [0.1, 0.15) is 33.6 Å². The van der Waals surface area contributed by atoms with Crippen LogP contribution < -0.4 is 5.73 Å². The van der Waals surface area contributed by atoms with Gasteiger partial charge in [0.2, 0.25) is 0 Å². The first-order valence-corrected chi connectivity index (χ1v) is 4.04. The quantitative estimate of drug-likeness (QED) is 0.637. The van der Waals surface area contributed by atoms with Crippen molar-refractivity contribution in [3.8, 4) is 0 Å². The smallest absolute Gasteiger partial charge is 0.0561 e. The first kappa shape index (κ1) is 9.92. The Balaban J connectivity index is 3.16. The fraction of sp³-hybridized carbons (Fsp3) is 1.00. The lowest BCUT2D eigenvalue weighted by atomic mass is 10.2. The Kier molecular flexibility index (Phi) is 5.64. The first-order valence-electron chi connectivity index (χ1n) is 4.04. The Morgan fingerprint density at radius 2 is 2.00 bits per heavy atom. The summed E-state index contributed by atoms with van der Waals surface area (Å²) in [5.41, 5.74) is 5.59. The van der Waals surface area contributed by atoms with Gasteiger partial charge in [-0.05, 0) is 26.7 Å². The van der Waals surface area contributed by atoms with E-state index in [-0.39, 0.29) is 6.04 Å². The van der Waals surface area contributed by atoms with Gasteiger partial charge < -0.3 is 10.5 Å². The number of hydrogen-bond acceptors (Lipinski definition) is 2. The third-order valence-corrected chi connectivity index (χ3v) is 1.31. The molecule has 2 nitrogen and oxygen atoms in total. The molecule has 2 heteroatoms. The topological polar surface area (TPSA) is 35.2 Å². The highest BCUT2D eigenvalue weighted by Gasteiger charge is 2.03. The van der Waals surface area contributed by atoms with Crippen LogP contribution in [0.5, 0.6) is 0 Å². The predicted molar refractivity (Wildman–Crippen MR) is 44.0 cm³/mol. The molecule has 0 aliphatic rings. The lowest BCUT2D eigenvalue weighted by molar-refractivity contribution is 0.0573. The van der Waals surface area contributed by atoms with Crippen LogP contribution in [0.2, 0.25) is 0 Å². The van der Waals surface area contributed by atoms with Gasteiger partial charge in [0.1, 0.15) is 0 Å². The lowest BCUT2D eigenvalue weighted by Crippen LogP contribution is -2.23. The number of rotatable bonds is 5. The zero-order chi connectivity index (χ0) is 7.98. The van der Waals surface area contributed by atoms with Crippen molar-refractivity contribution in [2.75, 3.05) is 6.61 Å². The minimum Gasteiger partial charge on any atom is -0.378 e. The van der Waals surface area contributed by atoms with Gasteiger partial charge in [0.25, 0.3) is 0 Å². The Bertz CT molecular complexity index is 73.7. The van der Waals surface area contributed by atoms with Gasteiger partial charge in [0.05, 0.1) is 6.10 Å². The third kappa shape index (κ3) is 6.05. The third-order valence-electron chi connectivity index (χ3n) is 1.31. The molecule has 0 aliphatic carbocycles. The monoisotopic (exact) mass is 145 g/mol. The van der Waals surface area contributed by atoms with Crippen molar-refractivity contribution >= 4 is 0 Å². The molecule has 0 fully saturated rings. The SMILES string of the molecule is CCCOC(C)CC(C)N. The molecule has 0 aromatic carbocycles.